The van der Waals surface area contributed by atoms with Crippen LogP contribution in [0.2, 0.25) is 5.02 Å². The summed E-state index contributed by atoms with van der Waals surface area (Å²) in [7, 11) is 4.28. The lowest BCUT2D eigenvalue weighted by atomic mass is 10.0. The molecular formula is C13H20ClN3. The monoisotopic (exact) mass is 253 g/mol. The van der Waals surface area contributed by atoms with E-state index in [1.165, 1.54) is 19.4 Å². The summed E-state index contributed by atoms with van der Waals surface area (Å²) in [5.41, 5.74) is 7.50. The summed E-state index contributed by atoms with van der Waals surface area (Å²) in [6, 6.07) is 6.27. The number of nitrogens with two attached hydrogens (primary N) is 1. The van der Waals surface area contributed by atoms with Crippen LogP contribution in [0.5, 0.6) is 0 Å². The van der Waals surface area contributed by atoms with Crippen molar-refractivity contribution in [3.8, 4) is 0 Å². The van der Waals surface area contributed by atoms with Crippen molar-refractivity contribution in [3.05, 3.63) is 23.2 Å². The van der Waals surface area contributed by atoms with Crippen molar-refractivity contribution < 1.29 is 0 Å². The Morgan fingerprint density at radius 2 is 2.24 bits per heavy atom. The lowest BCUT2D eigenvalue weighted by molar-refractivity contribution is 0.248. The number of halogens is 1. The van der Waals surface area contributed by atoms with Crippen molar-refractivity contribution in [1.82, 2.24) is 4.90 Å². The van der Waals surface area contributed by atoms with E-state index < -0.39 is 0 Å². The molecule has 1 fully saturated rings. The Hall–Kier alpha value is -0.930. The number of hydrogen-bond acceptors (Lipinski definition) is 3. The highest BCUT2D eigenvalue weighted by molar-refractivity contribution is 6.33. The first kappa shape index (κ1) is 12.5. The molecule has 1 aromatic rings. The Labute approximate surface area is 108 Å². The molecule has 4 heteroatoms. The van der Waals surface area contributed by atoms with E-state index in [0.29, 0.717) is 11.7 Å². The van der Waals surface area contributed by atoms with E-state index in [2.05, 4.69) is 23.9 Å². The largest absolute Gasteiger partial charge is 0.399 e. The number of likely N-dealkylation sites (N-methyl/N-ethyl adjacent to an activating group) is 2. The SMILES string of the molecule is CN1CCCC(N(C)c2ccc(N)cc2Cl)C1. The van der Waals surface area contributed by atoms with Crippen molar-refractivity contribution >= 4 is 23.0 Å². The van der Waals surface area contributed by atoms with E-state index in [0.717, 1.165) is 17.3 Å². The van der Waals surface area contributed by atoms with Gasteiger partial charge in [0.15, 0.2) is 0 Å². The van der Waals surface area contributed by atoms with Gasteiger partial charge in [0.05, 0.1) is 10.7 Å². The van der Waals surface area contributed by atoms with E-state index in [9.17, 15) is 0 Å². The molecule has 0 spiro atoms. The van der Waals surface area contributed by atoms with Gasteiger partial charge in [-0.1, -0.05) is 11.6 Å². The molecule has 1 heterocycles. The maximum absolute atomic E-state index is 6.24. The van der Waals surface area contributed by atoms with Crippen molar-refractivity contribution in [2.45, 2.75) is 18.9 Å². The minimum absolute atomic E-state index is 0.537. The van der Waals surface area contributed by atoms with Crippen LogP contribution >= 0.6 is 11.6 Å². The summed E-state index contributed by atoms with van der Waals surface area (Å²) in [5.74, 6) is 0. The minimum Gasteiger partial charge on any atom is -0.399 e. The van der Waals surface area contributed by atoms with Gasteiger partial charge in [-0.25, -0.2) is 0 Å². The zero-order valence-electron chi connectivity index (χ0n) is 10.5. The van der Waals surface area contributed by atoms with Gasteiger partial charge in [0.1, 0.15) is 0 Å². The number of benzene rings is 1. The maximum Gasteiger partial charge on any atom is 0.0660 e. The number of nitrogens with zero attached hydrogens (tertiary/aromatic N) is 2. The Kier molecular flexibility index (Phi) is 3.79. The molecule has 0 aromatic heterocycles. The lowest BCUT2D eigenvalue weighted by Gasteiger charge is -2.37. The third kappa shape index (κ3) is 2.85. The zero-order valence-corrected chi connectivity index (χ0v) is 11.2. The zero-order chi connectivity index (χ0) is 12.4. The van der Waals surface area contributed by atoms with Crippen LogP contribution in [0.25, 0.3) is 0 Å². The second-order valence-corrected chi connectivity index (χ2v) is 5.29. The first-order valence-electron chi connectivity index (χ1n) is 6.04. The smallest absolute Gasteiger partial charge is 0.0660 e. The Bertz CT molecular complexity index is 394. The second-order valence-electron chi connectivity index (χ2n) is 4.88. The predicted octanol–water partition coefficient (Wildman–Crippen LogP) is 2.45. The van der Waals surface area contributed by atoms with Gasteiger partial charge in [-0.05, 0) is 44.6 Å². The fraction of sp³-hybridized carbons (Fsp3) is 0.538. The van der Waals surface area contributed by atoms with E-state index in [-0.39, 0.29) is 0 Å². The van der Waals surface area contributed by atoms with Crippen molar-refractivity contribution in [2.75, 3.05) is 37.8 Å². The molecule has 1 aromatic carbocycles. The summed E-state index contributed by atoms with van der Waals surface area (Å²) in [4.78, 5) is 4.65. The van der Waals surface area contributed by atoms with Gasteiger partial charge >= 0.3 is 0 Å². The van der Waals surface area contributed by atoms with E-state index in [1.807, 2.05) is 18.2 Å². The number of anilines is 2. The molecule has 0 amide bonds. The molecule has 0 bridgehead atoms. The number of piperidine rings is 1. The van der Waals surface area contributed by atoms with Gasteiger partial charge in [0.2, 0.25) is 0 Å². The molecular weight excluding hydrogens is 234 g/mol. The molecule has 0 radical (unpaired) electrons. The highest BCUT2D eigenvalue weighted by atomic mass is 35.5. The number of rotatable bonds is 2. The molecule has 0 aliphatic carbocycles. The van der Waals surface area contributed by atoms with Crippen LogP contribution in [0.4, 0.5) is 11.4 Å². The van der Waals surface area contributed by atoms with E-state index in [1.54, 1.807) is 0 Å². The van der Waals surface area contributed by atoms with Crippen molar-refractivity contribution in [3.63, 3.8) is 0 Å². The second kappa shape index (κ2) is 5.15. The highest BCUT2D eigenvalue weighted by Crippen LogP contribution is 2.30. The summed E-state index contributed by atoms with van der Waals surface area (Å²) in [6.07, 6.45) is 2.47. The summed E-state index contributed by atoms with van der Waals surface area (Å²) < 4.78 is 0. The van der Waals surface area contributed by atoms with Gasteiger partial charge in [-0.2, -0.15) is 0 Å². The molecule has 3 nitrogen and oxygen atoms in total. The summed E-state index contributed by atoms with van der Waals surface area (Å²) in [6.45, 7) is 2.29. The molecule has 2 rings (SSSR count). The van der Waals surface area contributed by atoms with Crippen LogP contribution in [0.1, 0.15) is 12.8 Å². The average molecular weight is 254 g/mol. The third-order valence-electron chi connectivity index (χ3n) is 3.50. The fourth-order valence-corrected chi connectivity index (χ4v) is 2.78. The average Bonchev–Trinajstić information content (AvgIpc) is 2.28. The highest BCUT2D eigenvalue weighted by Gasteiger charge is 2.22. The molecule has 94 valence electrons. The fourth-order valence-electron chi connectivity index (χ4n) is 2.46. The van der Waals surface area contributed by atoms with Crippen LogP contribution in [-0.4, -0.2) is 38.1 Å². The van der Waals surface area contributed by atoms with Gasteiger partial charge in [-0.3, -0.25) is 0 Å². The standard InChI is InChI=1S/C13H20ClN3/c1-16-7-3-4-11(9-16)17(2)13-6-5-10(15)8-12(13)14/h5-6,8,11H,3-4,7,9,15H2,1-2H3. The lowest BCUT2D eigenvalue weighted by Crippen LogP contribution is -2.45. The van der Waals surface area contributed by atoms with Crippen LogP contribution in [0.15, 0.2) is 18.2 Å². The Morgan fingerprint density at radius 1 is 1.47 bits per heavy atom. The molecule has 1 saturated heterocycles. The van der Waals surface area contributed by atoms with Crippen LogP contribution in [0.3, 0.4) is 0 Å². The Morgan fingerprint density at radius 3 is 2.88 bits per heavy atom. The Balaban J connectivity index is 2.15. The molecule has 1 unspecified atom stereocenters. The molecule has 0 saturated carbocycles. The predicted molar refractivity (Wildman–Crippen MR) is 74.8 cm³/mol. The van der Waals surface area contributed by atoms with Gasteiger partial charge < -0.3 is 15.5 Å². The number of likely N-dealkylation sites (tertiary alicyclic amines) is 1. The first-order chi connectivity index (χ1) is 8.08. The molecule has 17 heavy (non-hydrogen) atoms. The molecule has 1 aliphatic rings. The van der Waals surface area contributed by atoms with Crippen LogP contribution in [0, 0.1) is 0 Å². The molecule has 1 aliphatic heterocycles. The van der Waals surface area contributed by atoms with Gasteiger partial charge in [0, 0.05) is 25.3 Å². The van der Waals surface area contributed by atoms with Crippen molar-refractivity contribution in [2.24, 2.45) is 0 Å². The first-order valence-corrected chi connectivity index (χ1v) is 6.42. The molecule has 1 atom stereocenters. The van der Waals surface area contributed by atoms with Crippen LogP contribution < -0.4 is 10.6 Å². The van der Waals surface area contributed by atoms with Crippen molar-refractivity contribution in [1.29, 1.82) is 0 Å². The third-order valence-corrected chi connectivity index (χ3v) is 3.80. The van der Waals surface area contributed by atoms with E-state index in [4.69, 9.17) is 17.3 Å². The maximum atomic E-state index is 6.24. The quantitative estimate of drug-likeness (QED) is 0.822. The normalized spacial score (nSPS) is 21.5. The van der Waals surface area contributed by atoms with Gasteiger partial charge in [0.25, 0.3) is 0 Å². The number of hydrogen-bond donors (Lipinski definition) is 1. The van der Waals surface area contributed by atoms with E-state index >= 15 is 0 Å². The van der Waals surface area contributed by atoms with Crippen LogP contribution in [-0.2, 0) is 0 Å². The summed E-state index contributed by atoms with van der Waals surface area (Å²) >= 11 is 6.24. The topological polar surface area (TPSA) is 32.5 Å². The minimum atomic E-state index is 0.537. The van der Waals surface area contributed by atoms with Gasteiger partial charge in [-0.15, -0.1) is 0 Å². The number of nitrogen functional groups attached to an aromatic ring is 1. The summed E-state index contributed by atoms with van der Waals surface area (Å²) in [5, 5.41) is 0.737. The molecule has 2 N–H and O–H groups in total.